The molecule has 1 fully saturated rings. The first kappa shape index (κ1) is 21.7. The van der Waals surface area contributed by atoms with Crippen molar-refractivity contribution >= 4 is 45.1 Å². The first-order valence-corrected chi connectivity index (χ1v) is 12.1. The molecule has 7 nitrogen and oxygen atoms in total. The number of fused-ring (bicyclic) bond motifs is 1. The Kier molecular flexibility index (Phi) is 6.52. The molecule has 0 saturated carbocycles. The van der Waals surface area contributed by atoms with E-state index in [9.17, 15) is 9.59 Å². The van der Waals surface area contributed by atoms with E-state index in [2.05, 4.69) is 16.0 Å². The number of primary amides is 1. The molecule has 2 aromatic heterocycles. The fourth-order valence-corrected chi connectivity index (χ4v) is 5.79. The van der Waals surface area contributed by atoms with Gasteiger partial charge in [-0.05, 0) is 50.8 Å². The highest BCUT2D eigenvalue weighted by molar-refractivity contribution is 7.99. The number of likely N-dealkylation sites (tertiary alicyclic amines) is 1. The number of thioether (sulfide) groups is 1. The Morgan fingerprint density at radius 1 is 1.19 bits per heavy atom. The van der Waals surface area contributed by atoms with E-state index in [4.69, 9.17) is 10.7 Å². The molecular weight excluding hydrogens is 430 g/mol. The summed E-state index contributed by atoms with van der Waals surface area (Å²) in [4.78, 5) is 39.8. The molecule has 31 heavy (non-hydrogen) atoms. The summed E-state index contributed by atoms with van der Waals surface area (Å²) in [7, 11) is 0. The number of amides is 2. The zero-order valence-corrected chi connectivity index (χ0v) is 19.3. The molecule has 1 atom stereocenters. The van der Waals surface area contributed by atoms with Crippen LogP contribution in [0.3, 0.4) is 0 Å². The van der Waals surface area contributed by atoms with Gasteiger partial charge in [-0.1, -0.05) is 23.9 Å². The van der Waals surface area contributed by atoms with E-state index in [0.717, 1.165) is 51.6 Å². The van der Waals surface area contributed by atoms with Crippen molar-refractivity contribution in [2.45, 2.75) is 50.7 Å². The van der Waals surface area contributed by atoms with Crippen molar-refractivity contribution in [1.29, 1.82) is 0 Å². The third-order valence-corrected chi connectivity index (χ3v) is 7.51. The van der Waals surface area contributed by atoms with Gasteiger partial charge in [0.05, 0.1) is 22.0 Å². The third-order valence-electron chi connectivity index (χ3n) is 5.50. The molecule has 3 heterocycles. The monoisotopic (exact) mass is 455 g/mol. The maximum Gasteiger partial charge on any atom is 0.227 e. The molecular formula is C22H25N5O2S2. The van der Waals surface area contributed by atoms with Crippen molar-refractivity contribution in [3.8, 4) is 0 Å². The van der Waals surface area contributed by atoms with Gasteiger partial charge < -0.3 is 10.6 Å². The molecule has 0 bridgehead atoms. The predicted octanol–water partition coefficient (Wildman–Crippen LogP) is 3.58. The molecule has 0 radical (unpaired) electrons. The van der Waals surface area contributed by atoms with Gasteiger partial charge in [-0.25, -0.2) is 15.0 Å². The molecule has 1 aliphatic heterocycles. The van der Waals surface area contributed by atoms with Crippen LogP contribution in [0.15, 0.2) is 29.4 Å². The molecule has 1 unspecified atom stereocenters. The Morgan fingerprint density at radius 2 is 1.94 bits per heavy atom. The molecule has 1 saturated heterocycles. The minimum absolute atomic E-state index is 0.0657. The van der Waals surface area contributed by atoms with E-state index in [0.29, 0.717) is 18.0 Å². The second-order valence-corrected chi connectivity index (χ2v) is 9.68. The molecule has 2 N–H and O–H groups in total. The summed E-state index contributed by atoms with van der Waals surface area (Å²) < 4.78 is 1.16. The molecule has 4 rings (SSSR count). The van der Waals surface area contributed by atoms with Crippen LogP contribution < -0.4 is 5.73 Å². The number of para-hydroxylation sites is 1. The molecule has 162 valence electrons. The Morgan fingerprint density at radius 3 is 2.65 bits per heavy atom. The number of nitrogens with two attached hydrogens (primary N) is 1. The number of benzene rings is 1. The highest BCUT2D eigenvalue weighted by Gasteiger charge is 2.32. The van der Waals surface area contributed by atoms with Crippen LogP contribution in [0, 0.1) is 13.8 Å². The zero-order valence-electron chi connectivity index (χ0n) is 17.6. The van der Waals surface area contributed by atoms with Crippen LogP contribution in [0.2, 0.25) is 0 Å². The lowest BCUT2D eigenvalue weighted by Gasteiger charge is -2.23. The lowest BCUT2D eigenvalue weighted by molar-refractivity contribution is -0.132. The quantitative estimate of drug-likeness (QED) is 0.432. The minimum atomic E-state index is -0.396. The average Bonchev–Trinajstić information content (AvgIpc) is 3.38. The van der Waals surface area contributed by atoms with Gasteiger partial charge >= 0.3 is 0 Å². The number of aryl methyl sites for hydroxylation is 2. The number of hydrogen-bond acceptors (Lipinski definition) is 7. The highest BCUT2D eigenvalue weighted by atomic mass is 32.2. The van der Waals surface area contributed by atoms with Crippen LogP contribution in [0.5, 0.6) is 0 Å². The second kappa shape index (κ2) is 9.32. The van der Waals surface area contributed by atoms with Crippen LogP contribution in [0.25, 0.3) is 10.2 Å². The zero-order chi connectivity index (χ0) is 22.0. The standard InChI is InChI=1S/C22H25N5O2S2/c1-13-15(14(2)25-22(24-13)30-12-19(23)28)9-10-20(29)27-11-5-7-17(27)21-26-16-6-3-4-8-18(16)31-21/h3-4,6,8,17H,5,7,9-12H2,1-2H3,(H2,23,28). The van der Waals surface area contributed by atoms with Crippen molar-refractivity contribution in [3.63, 3.8) is 0 Å². The largest absolute Gasteiger partial charge is 0.369 e. The highest BCUT2D eigenvalue weighted by Crippen LogP contribution is 2.37. The third kappa shape index (κ3) is 4.88. The van der Waals surface area contributed by atoms with Gasteiger partial charge in [-0.2, -0.15) is 0 Å². The van der Waals surface area contributed by atoms with Crippen LogP contribution in [0.4, 0.5) is 0 Å². The summed E-state index contributed by atoms with van der Waals surface area (Å²) >= 11 is 2.92. The van der Waals surface area contributed by atoms with Gasteiger partial charge in [0, 0.05) is 24.4 Å². The van der Waals surface area contributed by atoms with Crippen molar-refractivity contribution in [2.24, 2.45) is 5.73 Å². The van der Waals surface area contributed by atoms with Crippen LogP contribution in [0.1, 0.15) is 47.3 Å². The van der Waals surface area contributed by atoms with E-state index < -0.39 is 5.91 Å². The summed E-state index contributed by atoms with van der Waals surface area (Å²) in [5.41, 5.74) is 8.88. The summed E-state index contributed by atoms with van der Waals surface area (Å²) in [6, 6.07) is 8.18. The molecule has 9 heteroatoms. The van der Waals surface area contributed by atoms with Crippen molar-refractivity contribution in [3.05, 3.63) is 46.2 Å². The Bertz CT molecular complexity index is 1070. The summed E-state index contributed by atoms with van der Waals surface area (Å²) in [5, 5.41) is 1.57. The number of aromatic nitrogens is 3. The number of carbonyl (C=O) groups excluding carboxylic acids is 2. The Hall–Kier alpha value is -2.52. The number of hydrogen-bond donors (Lipinski definition) is 1. The number of rotatable bonds is 7. The molecule has 2 amide bonds. The molecule has 3 aromatic rings. The first-order chi connectivity index (χ1) is 14.9. The second-order valence-electron chi connectivity index (χ2n) is 7.68. The van der Waals surface area contributed by atoms with E-state index in [-0.39, 0.29) is 17.7 Å². The van der Waals surface area contributed by atoms with E-state index in [1.165, 1.54) is 11.8 Å². The summed E-state index contributed by atoms with van der Waals surface area (Å²) in [6.07, 6.45) is 2.97. The van der Waals surface area contributed by atoms with Gasteiger partial charge in [0.2, 0.25) is 11.8 Å². The predicted molar refractivity (Wildman–Crippen MR) is 123 cm³/mol. The minimum Gasteiger partial charge on any atom is -0.369 e. The number of nitrogens with zero attached hydrogens (tertiary/aromatic N) is 4. The van der Waals surface area contributed by atoms with Crippen LogP contribution in [-0.4, -0.2) is 44.0 Å². The SMILES string of the molecule is Cc1nc(SCC(N)=O)nc(C)c1CCC(=O)N1CCCC1c1nc2ccccc2s1. The maximum absolute atomic E-state index is 13.1. The summed E-state index contributed by atoms with van der Waals surface area (Å²) in [6.45, 7) is 4.61. The smallest absolute Gasteiger partial charge is 0.227 e. The van der Waals surface area contributed by atoms with Gasteiger partial charge in [0.1, 0.15) is 5.01 Å². The van der Waals surface area contributed by atoms with Gasteiger partial charge in [0.15, 0.2) is 5.16 Å². The Balaban J connectivity index is 1.43. The average molecular weight is 456 g/mol. The topological polar surface area (TPSA) is 102 Å². The van der Waals surface area contributed by atoms with Crippen molar-refractivity contribution in [2.75, 3.05) is 12.3 Å². The molecule has 1 aliphatic rings. The fourth-order valence-electron chi connectivity index (χ4n) is 4.00. The molecule has 0 spiro atoms. The fraction of sp³-hybridized carbons (Fsp3) is 0.409. The number of thiazole rings is 1. The Labute approximate surface area is 189 Å². The van der Waals surface area contributed by atoms with Gasteiger partial charge in [0.25, 0.3) is 0 Å². The van der Waals surface area contributed by atoms with Crippen LogP contribution >= 0.6 is 23.1 Å². The van der Waals surface area contributed by atoms with E-state index in [1.54, 1.807) is 11.3 Å². The lowest BCUT2D eigenvalue weighted by Crippen LogP contribution is -2.30. The van der Waals surface area contributed by atoms with E-state index in [1.807, 2.05) is 36.9 Å². The molecule has 0 aliphatic carbocycles. The normalized spacial score (nSPS) is 16.2. The summed E-state index contributed by atoms with van der Waals surface area (Å²) in [5.74, 6) is -0.0987. The van der Waals surface area contributed by atoms with E-state index >= 15 is 0 Å². The maximum atomic E-state index is 13.1. The van der Waals surface area contributed by atoms with Crippen LogP contribution in [-0.2, 0) is 16.0 Å². The van der Waals surface area contributed by atoms with Crippen molar-refractivity contribution in [1.82, 2.24) is 19.9 Å². The van der Waals surface area contributed by atoms with Gasteiger partial charge in [-0.15, -0.1) is 11.3 Å². The first-order valence-electron chi connectivity index (χ1n) is 10.3. The van der Waals surface area contributed by atoms with Crippen molar-refractivity contribution < 1.29 is 9.59 Å². The molecule has 1 aromatic carbocycles. The van der Waals surface area contributed by atoms with Gasteiger partial charge in [-0.3, -0.25) is 9.59 Å². The number of carbonyl (C=O) groups is 2. The lowest BCUT2D eigenvalue weighted by atomic mass is 10.1.